The standard InChI is InChI=1S/C18H13N5O3/c24-18(15-3-1-12-25-15)20-13-4-6-14(7-5-13)26-17-9-8-16(21-22-17)23-11-2-10-19-23/h1-12H,(H,20,24). The molecule has 26 heavy (non-hydrogen) atoms. The van der Waals surface area contributed by atoms with Crippen LogP contribution in [0, 0.1) is 0 Å². The van der Waals surface area contributed by atoms with Crippen molar-refractivity contribution in [1.29, 1.82) is 0 Å². The summed E-state index contributed by atoms with van der Waals surface area (Å²) in [5.41, 5.74) is 0.624. The molecular formula is C18H13N5O3. The lowest BCUT2D eigenvalue weighted by atomic mass is 10.3. The van der Waals surface area contributed by atoms with Gasteiger partial charge in [0.25, 0.3) is 5.91 Å². The van der Waals surface area contributed by atoms with Gasteiger partial charge in [-0.05, 0) is 48.5 Å². The van der Waals surface area contributed by atoms with Crippen molar-refractivity contribution in [2.24, 2.45) is 0 Å². The van der Waals surface area contributed by atoms with Crippen LogP contribution in [-0.4, -0.2) is 25.9 Å². The number of benzene rings is 1. The van der Waals surface area contributed by atoms with Gasteiger partial charge >= 0.3 is 0 Å². The van der Waals surface area contributed by atoms with E-state index in [1.807, 2.05) is 0 Å². The highest BCUT2D eigenvalue weighted by Gasteiger charge is 2.09. The van der Waals surface area contributed by atoms with Gasteiger partial charge in [-0.15, -0.1) is 10.2 Å². The van der Waals surface area contributed by atoms with Crippen molar-refractivity contribution in [2.45, 2.75) is 0 Å². The van der Waals surface area contributed by atoms with Gasteiger partial charge in [0.05, 0.1) is 6.26 Å². The fourth-order valence-electron chi connectivity index (χ4n) is 2.22. The number of hydrogen-bond acceptors (Lipinski definition) is 6. The number of carbonyl (C=O) groups excluding carboxylic acids is 1. The minimum atomic E-state index is -0.316. The molecule has 0 aliphatic heterocycles. The van der Waals surface area contributed by atoms with Crippen LogP contribution in [-0.2, 0) is 0 Å². The number of amides is 1. The summed E-state index contributed by atoms with van der Waals surface area (Å²) in [7, 11) is 0. The Morgan fingerprint density at radius 3 is 2.58 bits per heavy atom. The zero-order chi connectivity index (χ0) is 17.8. The van der Waals surface area contributed by atoms with Crippen LogP contribution in [0.4, 0.5) is 5.69 Å². The topological polar surface area (TPSA) is 95.1 Å². The van der Waals surface area contributed by atoms with Gasteiger partial charge in [-0.1, -0.05) is 0 Å². The lowest BCUT2D eigenvalue weighted by Crippen LogP contribution is -2.10. The van der Waals surface area contributed by atoms with Crippen LogP contribution in [0.3, 0.4) is 0 Å². The Morgan fingerprint density at radius 1 is 1.04 bits per heavy atom. The molecule has 1 aromatic carbocycles. The van der Waals surface area contributed by atoms with Gasteiger partial charge in [-0.2, -0.15) is 5.10 Å². The minimum Gasteiger partial charge on any atom is -0.459 e. The van der Waals surface area contributed by atoms with Gasteiger partial charge in [0.2, 0.25) is 5.88 Å². The summed E-state index contributed by atoms with van der Waals surface area (Å²) in [5, 5.41) is 14.9. The SMILES string of the molecule is O=C(Nc1ccc(Oc2ccc(-n3cccn3)nn2)cc1)c1ccco1. The zero-order valence-electron chi connectivity index (χ0n) is 13.4. The first kappa shape index (κ1) is 15.6. The maximum absolute atomic E-state index is 11.9. The van der Waals surface area contributed by atoms with Gasteiger partial charge in [-0.3, -0.25) is 4.79 Å². The van der Waals surface area contributed by atoms with Crippen molar-refractivity contribution in [3.8, 4) is 17.4 Å². The Morgan fingerprint density at radius 2 is 1.92 bits per heavy atom. The first-order valence-electron chi connectivity index (χ1n) is 7.74. The Labute approximate surface area is 148 Å². The van der Waals surface area contributed by atoms with Gasteiger partial charge in [-0.25, -0.2) is 4.68 Å². The molecule has 0 radical (unpaired) electrons. The third kappa shape index (κ3) is 3.44. The Bertz CT molecular complexity index is 979. The molecule has 0 atom stereocenters. The van der Waals surface area contributed by atoms with Crippen LogP contribution in [0.1, 0.15) is 10.6 Å². The van der Waals surface area contributed by atoms with E-state index in [0.717, 1.165) is 0 Å². The van der Waals surface area contributed by atoms with Crippen molar-refractivity contribution in [1.82, 2.24) is 20.0 Å². The Hall–Kier alpha value is -3.94. The van der Waals surface area contributed by atoms with Crippen LogP contribution in [0.25, 0.3) is 5.82 Å². The van der Waals surface area contributed by atoms with Gasteiger partial charge in [0.15, 0.2) is 11.6 Å². The van der Waals surface area contributed by atoms with Crippen molar-refractivity contribution in [3.05, 3.63) is 79.0 Å². The summed E-state index contributed by atoms with van der Waals surface area (Å²) in [5.74, 6) is 1.45. The summed E-state index contributed by atoms with van der Waals surface area (Å²) in [6.45, 7) is 0. The third-order valence-electron chi connectivity index (χ3n) is 3.44. The fraction of sp³-hybridized carbons (Fsp3) is 0. The van der Waals surface area contributed by atoms with Crippen LogP contribution in [0.2, 0.25) is 0 Å². The molecule has 0 saturated carbocycles. The average Bonchev–Trinajstić information content (AvgIpc) is 3.38. The highest BCUT2D eigenvalue weighted by molar-refractivity contribution is 6.02. The normalized spacial score (nSPS) is 10.5. The number of nitrogens with zero attached hydrogens (tertiary/aromatic N) is 4. The Balaban J connectivity index is 1.40. The van der Waals surface area contributed by atoms with Gasteiger partial charge in [0, 0.05) is 24.1 Å². The quantitative estimate of drug-likeness (QED) is 0.595. The molecule has 0 fully saturated rings. The number of ether oxygens (including phenoxy) is 1. The molecule has 8 nitrogen and oxygen atoms in total. The van der Waals surface area contributed by atoms with Crippen molar-refractivity contribution in [3.63, 3.8) is 0 Å². The monoisotopic (exact) mass is 347 g/mol. The zero-order valence-corrected chi connectivity index (χ0v) is 13.4. The molecule has 3 aromatic heterocycles. The number of carbonyl (C=O) groups is 1. The highest BCUT2D eigenvalue weighted by Crippen LogP contribution is 2.21. The number of furan rings is 1. The maximum Gasteiger partial charge on any atom is 0.291 e. The molecule has 0 aliphatic rings. The summed E-state index contributed by atoms with van der Waals surface area (Å²) in [4.78, 5) is 11.9. The predicted octanol–water partition coefficient (Wildman–Crippen LogP) is 3.30. The first-order chi connectivity index (χ1) is 12.8. The van der Waals surface area contributed by atoms with E-state index in [1.165, 1.54) is 6.26 Å². The van der Waals surface area contributed by atoms with E-state index in [2.05, 4.69) is 20.6 Å². The summed E-state index contributed by atoms with van der Waals surface area (Å²) in [6, 6.07) is 15.4. The van der Waals surface area contributed by atoms with Crippen molar-refractivity contribution in [2.75, 3.05) is 5.32 Å². The lowest BCUT2D eigenvalue weighted by molar-refractivity contribution is 0.0996. The maximum atomic E-state index is 11.9. The largest absolute Gasteiger partial charge is 0.459 e. The molecule has 8 heteroatoms. The van der Waals surface area contributed by atoms with Gasteiger partial charge in [0.1, 0.15) is 5.75 Å². The second-order valence-electron chi connectivity index (χ2n) is 5.24. The van der Waals surface area contributed by atoms with Crippen LogP contribution < -0.4 is 10.1 Å². The number of aromatic nitrogens is 4. The average molecular weight is 347 g/mol. The molecule has 0 unspecified atom stereocenters. The molecule has 0 aliphatic carbocycles. The molecule has 3 heterocycles. The molecule has 1 N–H and O–H groups in total. The summed E-state index contributed by atoms with van der Waals surface area (Å²) in [6.07, 6.45) is 4.89. The smallest absolute Gasteiger partial charge is 0.291 e. The van der Waals surface area contributed by atoms with Crippen LogP contribution >= 0.6 is 0 Å². The first-order valence-corrected chi connectivity index (χ1v) is 7.74. The van der Waals surface area contributed by atoms with Crippen molar-refractivity contribution < 1.29 is 13.9 Å². The summed E-state index contributed by atoms with van der Waals surface area (Å²) < 4.78 is 12.3. The van der Waals surface area contributed by atoms with Gasteiger partial charge < -0.3 is 14.5 Å². The van der Waals surface area contributed by atoms with E-state index < -0.39 is 0 Å². The second-order valence-corrected chi connectivity index (χ2v) is 5.24. The number of anilines is 1. The fourth-order valence-corrected chi connectivity index (χ4v) is 2.22. The van der Waals surface area contributed by atoms with Crippen LogP contribution in [0.15, 0.2) is 77.7 Å². The number of rotatable bonds is 5. The predicted molar refractivity (Wildman–Crippen MR) is 92.3 cm³/mol. The van der Waals surface area contributed by atoms with E-state index in [4.69, 9.17) is 9.15 Å². The molecule has 4 rings (SSSR count). The third-order valence-corrected chi connectivity index (χ3v) is 3.44. The minimum absolute atomic E-state index is 0.248. The van der Waals surface area contributed by atoms with E-state index in [1.54, 1.807) is 71.7 Å². The highest BCUT2D eigenvalue weighted by atomic mass is 16.5. The van der Waals surface area contributed by atoms with E-state index >= 15 is 0 Å². The Kier molecular flexibility index (Phi) is 4.13. The van der Waals surface area contributed by atoms with Crippen molar-refractivity contribution >= 4 is 11.6 Å². The molecule has 0 spiro atoms. The van der Waals surface area contributed by atoms with E-state index in [9.17, 15) is 4.79 Å². The number of nitrogens with one attached hydrogen (secondary N) is 1. The molecule has 0 saturated heterocycles. The van der Waals surface area contributed by atoms with E-state index in [0.29, 0.717) is 23.1 Å². The second kappa shape index (κ2) is 6.89. The van der Waals surface area contributed by atoms with E-state index in [-0.39, 0.29) is 11.7 Å². The molecule has 4 aromatic rings. The molecular weight excluding hydrogens is 334 g/mol. The van der Waals surface area contributed by atoms with Crippen LogP contribution in [0.5, 0.6) is 11.6 Å². The molecule has 0 bridgehead atoms. The summed E-state index contributed by atoms with van der Waals surface area (Å²) >= 11 is 0. The molecule has 1 amide bonds. The lowest BCUT2D eigenvalue weighted by Gasteiger charge is -2.07. The number of hydrogen-bond donors (Lipinski definition) is 1. The molecule has 128 valence electrons.